The molecule has 98 valence electrons. The lowest BCUT2D eigenvalue weighted by molar-refractivity contribution is 0.0966. The van der Waals surface area contributed by atoms with Crippen molar-refractivity contribution >= 4 is 16.7 Å². The highest BCUT2D eigenvalue weighted by Crippen LogP contribution is 2.22. The quantitative estimate of drug-likeness (QED) is 0.661. The third-order valence-electron chi connectivity index (χ3n) is 3.58. The highest BCUT2D eigenvalue weighted by Gasteiger charge is 2.17. The molecule has 3 rings (SSSR count). The molecule has 0 bridgehead atoms. The number of carbonyl (C=O) groups excluding carboxylic acids is 1. The van der Waals surface area contributed by atoms with E-state index in [0.717, 1.165) is 16.5 Å². The Morgan fingerprint density at radius 2 is 1.80 bits per heavy atom. The minimum atomic E-state index is -0.141. The first-order chi connectivity index (χ1) is 9.75. The Morgan fingerprint density at radius 1 is 1.00 bits per heavy atom. The summed E-state index contributed by atoms with van der Waals surface area (Å²) in [6, 6.07) is 19.5. The molecule has 1 atom stereocenters. The molecule has 0 saturated carbocycles. The predicted molar refractivity (Wildman–Crippen MR) is 80.9 cm³/mol. The van der Waals surface area contributed by atoms with Crippen molar-refractivity contribution in [3.8, 4) is 0 Å². The summed E-state index contributed by atoms with van der Waals surface area (Å²) in [5, 5.41) is 1.05. The van der Waals surface area contributed by atoms with Gasteiger partial charge in [0.1, 0.15) is 0 Å². The lowest BCUT2D eigenvalue weighted by Crippen LogP contribution is -2.09. The number of ketones is 1. The molecule has 20 heavy (non-hydrogen) atoms. The summed E-state index contributed by atoms with van der Waals surface area (Å²) in [6.07, 6.45) is 1.75. The molecule has 0 fully saturated rings. The van der Waals surface area contributed by atoms with E-state index in [2.05, 4.69) is 4.98 Å². The molecule has 0 spiro atoms. The van der Waals surface area contributed by atoms with E-state index in [1.807, 2.05) is 67.6 Å². The molecule has 1 aromatic heterocycles. The van der Waals surface area contributed by atoms with Gasteiger partial charge in [-0.05, 0) is 17.7 Å². The number of aromatic nitrogens is 1. The third-order valence-corrected chi connectivity index (χ3v) is 3.58. The maximum absolute atomic E-state index is 12.6. The predicted octanol–water partition coefficient (Wildman–Crippen LogP) is 4.22. The number of carbonyl (C=O) groups is 1. The first-order valence-electron chi connectivity index (χ1n) is 6.69. The molecule has 0 aliphatic heterocycles. The lowest BCUT2D eigenvalue weighted by atomic mass is 9.92. The van der Waals surface area contributed by atoms with Gasteiger partial charge in [0.15, 0.2) is 5.78 Å². The molecule has 0 radical (unpaired) electrons. The Labute approximate surface area is 118 Å². The number of nitrogens with zero attached hydrogens (tertiary/aromatic N) is 1. The molecule has 0 saturated heterocycles. The monoisotopic (exact) mass is 261 g/mol. The fourth-order valence-electron chi connectivity index (χ4n) is 2.36. The fraction of sp³-hybridized carbons (Fsp3) is 0.111. The van der Waals surface area contributed by atoms with Gasteiger partial charge in [-0.15, -0.1) is 0 Å². The van der Waals surface area contributed by atoms with E-state index in [1.165, 1.54) is 0 Å². The molecule has 0 aliphatic rings. The molecular formula is C18H15NO. The Hall–Kier alpha value is -2.48. The van der Waals surface area contributed by atoms with Crippen LogP contribution in [-0.4, -0.2) is 10.8 Å². The van der Waals surface area contributed by atoms with E-state index in [4.69, 9.17) is 0 Å². The molecular weight excluding hydrogens is 246 g/mol. The van der Waals surface area contributed by atoms with Gasteiger partial charge in [0.2, 0.25) is 0 Å². The van der Waals surface area contributed by atoms with Gasteiger partial charge in [0.25, 0.3) is 0 Å². The first-order valence-corrected chi connectivity index (χ1v) is 6.69. The van der Waals surface area contributed by atoms with Crippen molar-refractivity contribution in [1.29, 1.82) is 0 Å². The van der Waals surface area contributed by atoms with Crippen LogP contribution in [0.2, 0.25) is 0 Å². The van der Waals surface area contributed by atoms with E-state index in [1.54, 1.807) is 6.20 Å². The minimum absolute atomic E-state index is 0.128. The van der Waals surface area contributed by atoms with Crippen LogP contribution in [0.1, 0.15) is 28.8 Å². The fourth-order valence-corrected chi connectivity index (χ4v) is 2.36. The number of hydrogen-bond acceptors (Lipinski definition) is 2. The summed E-state index contributed by atoms with van der Waals surface area (Å²) in [6.45, 7) is 1.94. The average Bonchev–Trinajstić information content (AvgIpc) is 2.54. The van der Waals surface area contributed by atoms with Crippen molar-refractivity contribution in [2.75, 3.05) is 0 Å². The standard InChI is InChI=1S/C18H15NO/c1-13(14-6-3-2-4-7-14)18(20)16-10-9-15-8-5-11-19-17(15)12-16/h2-13H,1H3. The molecule has 0 N–H and O–H groups in total. The molecule has 1 unspecified atom stereocenters. The van der Waals surface area contributed by atoms with E-state index in [-0.39, 0.29) is 11.7 Å². The molecule has 2 nitrogen and oxygen atoms in total. The summed E-state index contributed by atoms with van der Waals surface area (Å²) in [7, 11) is 0. The molecule has 0 aliphatic carbocycles. The topological polar surface area (TPSA) is 30.0 Å². The van der Waals surface area contributed by atoms with Gasteiger partial charge in [-0.25, -0.2) is 0 Å². The Kier molecular flexibility index (Phi) is 3.30. The molecule has 1 heterocycles. The van der Waals surface area contributed by atoms with Gasteiger partial charge in [0.05, 0.1) is 5.52 Å². The second kappa shape index (κ2) is 5.25. The normalized spacial score (nSPS) is 12.2. The number of benzene rings is 2. The van der Waals surface area contributed by atoms with Crippen LogP contribution in [0.4, 0.5) is 0 Å². The smallest absolute Gasteiger partial charge is 0.170 e. The number of rotatable bonds is 3. The summed E-state index contributed by atoms with van der Waals surface area (Å²) in [5.41, 5.74) is 2.62. The molecule has 3 aromatic rings. The minimum Gasteiger partial charge on any atom is -0.294 e. The SMILES string of the molecule is CC(C(=O)c1ccc2cccnc2c1)c1ccccc1. The van der Waals surface area contributed by atoms with Crippen molar-refractivity contribution in [3.63, 3.8) is 0 Å². The Balaban J connectivity index is 1.96. The van der Waals surface area contributed by atoms with Crippen LogP contribution in [-0.2, 0) is 0 Å². The maximum Gasteiger partial charge on any atom is 0.170 e. The van der Waals surface area contributed by atoms with Crippen molar-refractivity contribution < 1.29 is 4.79 Å². The van der Waals surface area contributed by atoms with Gasteiger partial charge >= 0.3 is 0 Å². The largest absolute Gasteiger partial charge is 0.294 e. The van der Waals surface area contributed by atoms with Crippen LogP contribution in [0, 0.1) is 0 Å². The van der Waals surface area contributed by atoms with E-state index < -0.39 is 0 Å². The van der Waals surface area contributed by atoms with Crippen LogP contribution in [0.3, 0.4) is 0 Å². The van der Waals surface area contributed by atoms with E-state index in [0.29, 0.717) is 5.56 Å². The number of Topliss-reactive ketones (excluding diaryl/α,β-unsaturated/α-hetero) is 1. The van der Waals surface area contributed by atoms with Crippen molar-refractivity contribution in [1.82, 2.24) is 4.98 Å². The number of pyridine rings is 1. The summed E-state index contributed by atoms with van der Waals surface area (Å²) < 4.78 is 0. The summed E-state index contributed by atoms with van der Waals surface area (Å²) in [5.74, 6) is -0.0129. The van der Waals surface area contributed by atoms with Crippen molar-refractivity contribution in [2.24, 2.45) is 0 Å². The zero-order valence-electron chi connectivity index (χ0n) is 11.3. The van der Waals surface area contributed by atoms with Crippen LogP contribution in [0.5, 0.6) is 0 Å². The van der Waals surface area contributed by atoms with Gasteiger partial charge in [-0.2, -0.15) is 0 Å². The maximum atomic E-state index is 12.6. The summed E-state index contributed by atoms with van der Waals surface area (Å²) >= 11 is 0. The Morgan fingerprint density at radius 3 is 2.60 bits per heavy atom. The summed E-state index contributed by atoms with van der Waals surface area (Å²) in [4.78, 5) is 16.9. The van der Waals surface area contributed by atoms with Crippen molar-refractivity contribution in [2.45, 2.75) is 12.8 Å². The first kappa shape index (κ1) is 12.5. The van der Waals surface area contributed by atoms with Gasteiger partial charge in [-0.3, -0.25) is 9.78 Å². The van der Waals surface area contributed by atoms with Crippen LogP contribution in [0.15, 0.2) is 66.9 Å². The number of hydrogen-bond donors (Lipinski definition) is 0. The zero-order chi connectivity index (χ0) is 13.9. The third kappa shape index (κ3) is 2.32. The second-order valence-corrected chi connectivity index (χ2v) is 4.91. The van der Waals surface area contributed by atoms with Crippen LogP contribution in [0.25, 0.3) is 10.9 Å². The average molecular weight is 261 g/mol. The highest BCUT2D eigenvalue weighted by molar-refractivity contribution is 6.03. The zero-order valence-corrected chi connectivity index (χ0v) is 11.3. The molecule has 2 aromatic carbocycles. The van der Waals surface area contributed by atoms with E-state index in [9.17, 15) is 4.79 Å². The number of fused-ring (bicyclic) bond motifs is 1. The van der Waals surface area contributed by atoms with Crippen molar-refractivity contribution in [3.05, 3.63) is 78.0 Å². The highest BCUT2D eigenvalue weighted by atomic mass is 16.1. The van der Waals surface area contributed by atoms with Gasteiger partial charge in [-0.1, -0.05) is 55.5 Å². The van der Waals surface area contributed by atoms with Gasteiger partial charge in [0, 0.05) is 23.1 Å². The Bertz CT molecular complexity index is 749. The van der Waals surface area contributed by atoms with Crippen LogP contribution >= 0.6 is 0 Å². The molecule has 2 heteroatoms. The van der Waals surface area contributed by atoms with E-state index >= 15 is 0 Å². The molecule has 0 amide bonds. The van der Waals surface area contributed by atoms with Crippen LogP contribution < -0.4 is 0 Å². The second-order valence-electron chi connectivity index (χ2n) is 4.91. The lowest BCUT2D eigenvalue weighted by Gasteiger charge is -2.11. The van der Waals surface area contributed by atoms with Gasteiger partial charge < -0.3 is 0 Å².